The molecule has 0 unspecified atom stereocenters. The summed E-state index contributed by atoms with van der Waals surface area (Å²) in [7, 11) is 0. The van der Waals surface area contributed by atoms with Crippen molar-refractivity contribution in [3.05, 3.63) is 12.7 Å². The maximum Gasteiger partial charge on any atom is 0.328 e. The number of hydrogen-bond acceptors (Lipinski definition) is 3. The van der Waals surface area contributed by atoms with Gasteiger partial charge in [-0.2, -0.15) is 0 Å². The molecule has 4 heteroatoms. The van der Waals surface area contributed by atoms with E-state index in [9.17, 15) is 9.59 Å². The number of nitrogens with one attached hydrogen (secondary N) is 1. The van der Waals surface area contributed by atoms with Crippen LogP contribution in [0.25, 0.3) is 0 Å². The molecule has 2 aliphatic carbocycles. The third-order valence-corrected chi connectivity index (χ3v) is 5.87. The molecule has 4 atom stereocenters. The first-order chi connectivity index (χ1) is 9.22. The van der Waals surface area contributed by atoms with Gasteiger partial charge in [0.15, 0.2) is 0 Å². The quantitative estimate of drug-likeness (QED) is 0.635. The van der Waals surface area contributed by atoms with Crippen LogP contribution in [0.4, 0.5) is 0 Å². The monoisotopic (exact) mass is 279 g/mol. The van der Waals surface area contributed by atoms with Gasteiger partial charge in [0.05, 0.1) is 0 Å². The molecule has 0 heterocycles. The molecule has 0 aromatic heterocycles. The lowest BCUT2D eigenvalue weighted by Crippen LogP contribution is -2.44. The van der Waals surface area contributed by atoms with E-state index in [1.807, 2.05) is 0 Å². The summed E-state index contributed by atoms with van der Waals surface area (Å²) in [4.78, 5) is 23.3. The zero-order valence-electron chi connectivity index (χ0n) is 12.9. The van der Waals surface area contributed by atoms with Crippen molar-refractivity contribution in [3.8, 4) is 0 Å². The van der Waals surface area contributed by atoms with Crippen LogP contribution >= 0.6 is 0 Å². The minimum Gasteiger partial charge on any atom is -0.460 e. The number of amides is 1. The summed E-state index contributed by atoms with van der Waals surface area (Å²) in [5, 5.41) is 2.55. The van der Waals surface area contributed by atoms with Crippen LogP contribution in [0.2, 0.25) is 0 Å². The summed E-state index contributed by atoms with van der Waals surface area (Å²) in [5.41, 5.74) is 0.265. The Morgan fingerprint density at radius 3 is 2.50 bits per heavy atom. The standard InChI is InChI=1S/C16H25NO3/c1-6-13(18)17-10(2)14(19)20-12-9-11-7-8-16(12,5)15(11,3)4/h6,10-12H,1,7-9H2,2-5H3,(H,17,18)/t10-,11+,12+,16+/m0/s1. The summed E-state index contributed by atoms with van der Waals surface area (Å²) >= 11 is 0. The normalized spacial score (nSPS) is 35.4. The second kappa shape index (κ2) is 4.90. The molecule has 1 N–H and O–H groups in total. The van der Waals surface area contributed by atoms with Gasteiger partial charge in [-0.25, -0.2) is 4.79 Å². The Labute approximate surface area is 120 Å². The van der Waals surface area contributed by atoms with Crippen molar-refractivity contribution in [2.75, 3.05) is 0 Å². The topological polar surface area (TPSA) is 55.4 Å². The van der Waals surface area contributed by atoms with E-state index in [0.29, 0.717) is 5.92 Å². The second-order valence-electron chi connectivity index (χ2n) is 6.97. The Hall–Kier alpha value is -1.32. The first-order valence-electron chi connectivity index (χ1n) is 7.36. The van der Waals surface area contributed by atoms with Gasteiger partial charge in [0.2, 0.25) is 5.91 Å². The Bertz CT molecular complexity index is 443. The van der Waals surface area contributed by atoms with Crippen LogP contribution in [-0.2, 0) is 14.3 Å². The Morgan fingerprint density at radius 2 is 2.05 bits per heavy atom. The molecule has 0 spiro atoms. The number of fused-ring (bicyclic) bond motifs is 2. The van der Waals surface area contributed by atoms with Crippen LogP contribution < -0.4 is 5.32 Å². The molecule has 0 aliphatic heterocycles. The maximum atomic E-state index is 12.1. The molecule has 0 aromatic rings. The summed E-state index contributed by atoms with van der Waals surface area (Å²) < 4.78 is 5.70. The summed E-state index contributed by atoms with van der Waals surface area (Å²) in [6.45, 7) is 11.8. The van der Waals surface area contributed by atoms with Gasteiger partial charge in [0, 0.05) is 5.41 Å². The third kappa shape index (κ3) is 2.15. The van der Waals surface area contributed by atoms with Crippen molar-refractivity contribution in [1.82, 2.24) is 5.32 Å². The number of carbonyl (C=O) groups excluding carboxylic acids is 2. The molecular formula is C16H25NO3. The molecule has 2 rings (SSSR count). The largest absolute Gasteiger partial charge is 0.460 e. The average Bonchev–Trinajstić information content (AvgIpc) is 2.71. The van der Waals surface area contributed by atoms with Gasteiger partial charge < -0.3 is 10.1 Å². The molecule has 0 radical (unpaired) electrons. The molecule has 2 bridgehead atoms. The van der Waals surface area contributed by atoms with E-state index in [2.05, 4.69) is 32.7 Å². The van der Waals surface area contributed by atoms with E-state index in [-0.39, 0.29) is 28.8 Å². The number of esters is 1. The molecule has 1 amide bonds. The number of hydrogen-bond donors (Lipinski definition) is 1. The molecule has 112 valence electrons. The maximum absolute atomic E-state index is 12.1. The lowest BCUT2D eigenvalue weighted by molar-refractivity contribution is -0.159. The molecule has 2 saturated carbocycles. The molecule has 20 heavy (non-hydrogen) atoms. The highest BCUT2D eigenvalue weighted by atomic mass is 16.5. The summed E-state index contributed by atoms with van der Waals surface area (Å²) in [5.74, 6) is -0.0768. The van der Waals surface area contributed by atoms with E-state index in [1.54, 1.807) is 6.92 Å². The first kappa shape index (κ1) is 15.1. The van der Waals surface area contributed by atoms with Crippen molar-refractivity contribution in [1.29, 1.82) is 0 Å². The van der Waals surface area contributed by atoms with Crippen molar-refractivity contribution in [2.24, 2.45) is 16.7 Å². The molecule has 0 saturated heterocycles. The van der Waals surface area contributed by atoms with Crippen LogP contribution in [0.1, 0.15) is 47.0 Å². The fraction of sp³-hybridized carbons (Fsp3) is 0.750. The Balaban J connectivity index is 2.00. The van der Waals surface area contributed by atoms with Crippen molar-refractivity contribution in [3.63, 3.8) is 0 Å². The minimum atomic E-state index is -0.633. The molecule has 2 aliphatic rings. The third-order valence-electron chi connectivity index (χ3n) is 5.87. The number of ether oxygens (including phenoxy) is 1. The fourth-order valence-electron chi connectivity index (χ4n) is 3.88. The lowest BCUT2D eigenvalue weighted by Gasteiger charge is -2.38. The molecule has 0 aromatic carbocycles. The summed E-state index contributed by atoms with van der Waals surface area (Å²) in [6.07, 6.45) is 4.39. The highest BCUT2D eigenvalue weighted by Gasteiger charge is 2.62. The van der Waals surface area contributed by atoms with Crippen molar-refractivity contribution in [2.45, 2.75) is 59.1 Å². The van der Waals surface area contributed by atoms with Crippen molar-refractivity contribution >= 4 is 11.9 Å². The first-order valence-corrected chi connectivity index (χ1v) is 7.36. The van der Waals surface area contributed by atoms with E-state index < -0.39 is 6.04 Å². The summed E-state index contributed by atoms with van der Waals surface area (Å²) in [6, 6.07) is -0.633. The van der Waals surface area contributed by atoms with Crippen LogP contribution in [0.3, 0.4) is 0 Å². The molecular weight excluding hydrogens is 254 g/mol. The predicted octanol–water partition coefficient (Wildman–Crippen LogP) is 2.44. The van der Waals surface area contributed by atoms with E-state index >= 15 is 0 Å². The van der Waals surface area contributed by atoms with Gasteiger partial charge in [0.25, 0.3) is 0 Å². The van der Waals surface area contributed by atoms with Gasteiger partial charge in [-0.3, -0.25) is 4.79 Å². The number of carbonyl (C=O) groups is 2. The minimum absolute atomic E-state index is 0.0353. The van der Waals surface area contributed by atoms with Gasteiger partial charge in [-0.1, -0.05) is 27.4 Å². The van der Waals surface area contributed by atoms with Gasteiger partial charge in [0.1, 0.15) is 12.1 Å². The van der Waals surface area contributed by atoms with Gasteiger partial charge in [-0.05, 0) is 43.6 Å². The van der Waals surface area contributed by atoms with Gasteiger partial charge in [-0.15, -0.1) is 0 Å². The van der Waals surface area contributed by atoms with E-state index in [1.165, 1.54) is 6.42 Å². The highest BCUT2D eigenvalue weighted by Crippen LogP contribution is 2.66. The van der Waals surface area contributed by atoms with Crippen LogP contribution in [0, 0.1) is 16.7 Å². The van der Waals surface area contributed by atoms with E-state index in [4.69, 9.17) is 4.74 Å². The van der Waals surface area contributed by atoms with Crippen molar-refractivity contribution < 1.29 is 14.3 Å². The predicted molar refractivity (Wildman–Crippen MR) is 76.9 cm³/mol. The lowest BCUT2D eigenvalue weighted by atomic mass is 9.70. The Morgan fingerprint density at radius 1 is 1.40 bits per heavy atom. The van der Waals surface area contributed by atoms with Crippen LogP contribution in [-0.4, -0.2) is 24.0 Å². The average molecular weight is 279 g/mol. The van der Waals surface area contributed by atoms with E-state index in [0.717, 1.165) is 18.9 Å². The smallest absolute Gasteiger partial charge is 0.328 e. The second-order valence-corrected chi connectivity index (χ2v) is 6.97. The highest BCUT2D eigenvalue weighted by molar-refractivity contribution is 5.90. The zero-order valence-corrected chi connectivity index (χ0v) is 12.9. The number of rotatable bonds is 4. The van der Waals surface area contributed by atoms with Gasteiger partial charge >= 0.3 is 5.97 Å². The molecule has 2 fully saturated rings. The van der Waals surface area contributed by atoms with Crippen LogP contribution in [0.5, 0.6) is 0 Å². The zero-order chi connectivity index (χ0) is 15.1. The Kier molecular flexibility index (Phi) is 3.69. The molecule has 4 nitrogen and oxygen atoms in total. The van der Waals surface area contributed by atoms with Crippen LogP contribution in [0.15, 0.2) is 12.7 Å². The fourth-order valence-corrected chi connectivity index (χ4v) is 3.88. The SMILES string of the molecule is C=CC(=O)N[C@@H](C)C(=O)O[C@@H]1C[C@H]2CC[C@@]1(C)C2(C)C.